The Morgan fingerprint density at radius 1 is 0.967 bits per heavy atom. The molecule has 0 saturated carbocycles. The fourth-order valence-electron chi connectivity index (χ4n) is 3.47. The van der Waals surface area contributed by atoms with Gasteiger partial charge in [0.1, 0.15) is 6.61 Å². The van der Waals surface area contributed by atoms with Crippen molar-refractivity contribution in [3.8, 4) is 11.5 Å². The highest BCUT2D eigenvalue weighted by atomic mass is 35.5. The largest absolute Gasteiger partial charge is 0.490 e. The number of fused-ring (bicyclic) bond motifs is 1. The van der Waals surface area contributed by atoms with E-state index in [1.54, 1.807) is 12.1 Å². The van der Waals surface area contributed by atoms with E-state index in [-0.39, 0.29) is 5.78 Å². The maximum absolute atomic E-state index is 12.6. The van der Waals surface area contributed by atoms with E-state index in [1.807, 2.05) is 61.5 Å². The molecule has 1 aliphatic rings. The van der Waals surface area contributed by atoms with E-state index in [9.17, 15) is 4.79 Å². The lowest BCUT2D eigenvalue weighted by atomic mass is 10.1. The molecule has 0 aromatic heterocycles. The fourth-order valence-corrected chi connectivity index (χ4v) is 3.93. The van der Waals surface area contributed by atoms with Crippen molar-refractivity contribution in [2.45, 2.75) is 20.0 Å². The molecule has 30 heavy (non-hydrogen) atoms. The van der Waals surface area contributed by atoms with Crippen molar-refractivity contribution in [3.63, 3.8) is 0 Å². The number of hydrogen-bond acceptors (Lipinski definition) is 3. The van der Waals surface area contributed by atoms with Gasteiger partial charge in [0.2, 0.25) is 0 Å². The van der Waals surface area contributed by atoms with Crippen molar-refractivity contribution in [1.82, 2.24) is 0 Å². The van der Waals surface area contributed by atoms with Gasteiger partial charge >= 0.3 is 0 Å². The zero-order chi connectivity index (χ0) is 21.1. The van der Waals surface area contributed by atoms with Crippen LogP contribution in [-0.4, -0.2) is 12.4 Å². The van der Waals surface area contributed by atoms with E-state index in [0.29, 0.717) is 41.2 Å². The predicted molar refractivity (Wildman–Crippen MR) is 121 cm³/mol. The average Bonchev–Trinajstić information content (AvgIpc) is 3.04. The normalized spacial score (nSPS) is 14.1. The number of ketones is 1. The smallest absolute Gasteiger partial charge is 0.189 e. The summed E-state index contributed by atoms with van der Waals surface area (Å²) in [6.07, 6.45) is 2.57. The molecule has 0 N–H and O–H groups in total. The lowest BCUT2D eigenvalue weighted by Crippen LogP contribution is -2.01. The van der Waals surface area contributed by atoms with Crippen molar-refractivity contribution in [2.75, 3.05) is 6.61 Å². The minimum atomic E-state index is 0.0845. The molecule has 0 atom stereocenters. The van der Waals surface area contributed by atoms with E-state index >= 15 is 0 Å². The number of carbonyl (C=O) groups excluding carboxylic acids is 1. The zero-order valence-electron chi connectivity index (χ0n) is 16.5. The quantitative estimate of drug-likeness (QED) is 0.397. The molecular weight excluding hydrogens is 419 g/mol. The fraction of sp³-hybridized carbons (Fsp3) is 0.160. The summed E-state index contributed by atoms with van der Waals surface area (Å²) in [5.74, 6) is 1.33. The SMILES string of the molecule is CCOc1cc(/C=C2\Cc3ccccc3C2=O)ccc1OCc1ccc(Cl)cc1Cl. The van der Waals surface area contributed by atoms with Gasteiger partial charge in [0, 0.05) is 33.2 Å². The van der Waals surface area contributed by atoms with Crippen LogP contribution in [0.4, 0.5) is 0 Å². The van der Waals surface area contributed by atoms with Crippen molar-refractivity contribution in [2.24, 2.45) is 0 Å². The van der Waals surface area contributed by atoms with E-state index in [0.717, 1.165) is 27.8 Å². The Labute approximate surface area is 185 Å². The highest BCUT2D eigenvalue weighted by Crippen LogP contribution is 2.33. The molecular formula is C25H20Cl2O3. The Hall–Kier alpha value is -2.75. The second-order valence-corrected chi connectivity index (χ2v) is 7.84. The Bertz CT molecular complexity index is 1130. The minimum Gasteiger partial charge on any atom is -0.490 e. The zero-order valence-corrected chi connectivity index (χ0v) is 18.0. The third kappa shape index (κ3) is 4.38. The summed E-state index contributed by atoms with van der Waals surface area (Å²) in [5, 5.41) is 1.14. The van der Waals surface area contributed by atoms with Crippen LogP contribution in [0.1, 0.15) is 34.0 Å². The van der Waals surface area contributed by atoms with Crippen molar-refractivity contribution < 1.29 is 14.3 Å². The van der Waals surface area contributed by atoms with Gasteiger partial charge in [-0.2, -0.15) is 0 Å². The lowest BCUT2D eigenvalue weighted by Gasteiger charge is -2.13. The van der Waals surface area contributed by atoms with Crippen LogP contribution in [0.15, 0.2) is 66.2 Å². The van der Waals surface area contributed by atoms with Crippen LogP contribution in [0, 0.1) is 0 Å². The van der Waals surface area contributed by atoms with Crippen molar-refractivity contribution in [1.29, 1.82) is 0 Å². The molecule has 0 unspecified atom stereocenters. The molecule has 0 spiro atoms. The maximum atomic E-state index is 12.6. The van der Waals surface area contributed by atoms with Crippen LogP contribution in [0.5, 0.6) is 11.5 Å². The molecule has 0 bridgehead atoms. The molecule has 0 amide bonds. The Morgan fingerprint density at radius 2 is 1.80 bits per heavy atom. The molecule has 4 rings (SSSR count). The molecule has 1 aliphatic carbocycles. The van der Waals surface area contributed by atoms with Crippen LogP contribution >= 0.6 is 23.2 Å². The van der Waals surface area contributed by atoms with E-state index in [4.69, 9.17) is 32.7 Å². The van der Waals surface area contributed by atoms with Crippen LogP contribution in [0.2, 0.25) is 10.0 Å². The molecule has 0 saturated heterocycles. The van der Waals surface area contributed by atoms with Gasteiger partial charge < -0.3 is 9.47 Å². The van der Waals surface area contributed by atoms with Gasteiger partial charge in [-0.25, -0.2) is 0 Å². The van der Waals surface area contributed by atoms with Gasteiger partial charge in [0.05, 0.1) is 6.61 Å². The predicted octanol–water partition coefficient (Wildman–Crippen LogP) is 6.79. The van der Waals surface area contributed by atoms with Gasteiger partial charge in [0.25, 0.3) is 0 Å². The number of halogens is 2. The van der Waals surface area contributed by atoms with Crippen molar-refractivity contribution in [3.05, 3.63) is 98.5 Å². The van der Waals surface area contributed by atoms with Gasteiger partial charge in [-0.15, -0.1) is 0 Å². The monoisotopic (exact) mass is 438 g/mol. The summed E-state index contributed by atoms with van der Waals surface area (Å²) in [4.78, 5) is 12.6. The third-order valence-corrected chi connectivity index (χ3v) is 5.53. The second-order valence-electron chi connectivity index (χ2n) is 7.00. The number of allylic oxidation sites excluding steroid dienone is 1. The minimum absolute atomic E-state index is 0.0845. The Kier molecular flexibility index (Phi) is 6.12. The molecule has 3 aromatic carbocycles. The first-order chi connectivity index (χ1) is 14.5. The molecule has 5 heteroatoms. The van der Waals surface area contributed by atoms with Crippen LogP contribution in [-0.2, 0) is 13.0 Å². The van der Waals surface area contributed by atoms with Gasteiger partial charge in [-0.1, -0.05) is 59.6 Å². The molecule has 0 radical (unpaired) electrons. The Balaban J connectivity index is 1.56. The lowest BCUT2D eigenvalue weighted by molar-refractivity contribution is 0.104. The summed E-state index contributed by atoms with van der Waals surface area (Å²) in [5.41, 5.74) is 4.36. The van der Waals surface area contributed by atoms with E-state index in [2.05, 4.69) is 0 Å². The van der Waals surface area contributed by atoms with Gasteiger partial charge in [0.15, 0.2) is 17.3 Å². The average molecular weight is 439 g/mol. The summed E-state index contributed by atoms with van der Waals surface area (Å²) in [7, 11) is 0. The number of ether oxygens (including phenoxy) is 2. The molecule has 0 fully saturated rings. The summed E-state index contributed by atoms with van der Waals surface area (Å²) < 4.78 is 11.7. The summed E-state index contributed by atoms with van der Waals surface area (Å²) >= 11 is 12.2. The maximum Gasteiger partial charge on any atom is 0.189 e. The first-order valence-electron chi connectivity index (χ1n) is 9.72. The first-order valence-corrected chi connectivity index (χ1v) is 10.5. The highest BCUT2D eigenvalue weighted by molar-refractivity contribution is 6.35. The Morgan fingerprint density at radius 3 is 2.57 bits per heavy atom. The van der Waals surface area contributed by atoms with Gasteiger partial charge in [-0.05, 0) is 48.4 Å². The van der Waals surface area contributed by atoms with Crippen LogP contribution in [0.3, 0.4) is 0 Å². The third-order valence-electron chi connectivity index (χ3n) is 4.94. The standard InChI is InChI=1S/C25H20Cl2O3/c1-2-29-24-12-16(11-19-13-17-5-3-4-6-21(17)25(19)28)7-10-23(24)30-15-18-8-9-20(26)14-22(18)27/h3-12,14H,2,13,15H2,1H3/b19-11+. The van der Waals surface area contributed by atoms with Crippen LogP contribution in [0.25, 0.3) is 6.08 Å². The van der Waals surface area contributed by atoms with E-state index in [1.165, 1.54) is 0 Å². The molecule has 3 aromatic rings. The summed E-state index contributed by atoms with van der Waals surface area (Å²) in [6, 6.07) is 18.7. The number of rotatable bonds is 6. The molecule has 3 nitrogen and oxygen atoms in total. The highest BCUT2D eigenvalue weighted by Gasteiger charge is 2.24. The summed E-state index contributed by atoms with van der Waals surface area (Å²) in [6.45, 7) is 2.72. The number of benzene rings is 3. The first kappa shape index (κ1) is 20.5. The molecule has 0 heterocycles. The van der Waals surface area contributed by atoms with E-state index < -0.39 is 0 Å². The molecule has 0 aliphatic heterocycles. The number of Topliss-reactive ketones (excluding diaryl/α,β-unsaturated/α-hetero) is 1. The number of hydrogen-bond donors (Lipinski definition) is 0. The second kappa shape index (κ2) is 8.95. The van der Waals surface area contributed by atoms with Crippen LogP contribution < -0.4 is 9.47 Å². The van der Waals surface area contributed by atoms with Gasteiger partial charge in [-0.3, -0.25) is 4.79 Å². The topological polar surface area (TPSA) is 35.5 Å². The van der Waals surface area contributed by atoms with Crippen molar-refractivity contribution >= 4 is 35.1 Å². The molecule has 152 valence electrons. The number of carbonyl (C=O) groups is 1.